The van der Waals surface area contributed by atoms with E-state index in [4.69, 9.17) is 11.6 Å². The number of aromatic hydroxyl groups is 1. The third-order valence-electron chi connectivity index (χ3n) is 3.02. The molecule has 0 fully saturated rings. The van der Waals surface area contributed by atoms with Crippen LogP contribution in [-0.2, 0) is 0 Å². The molecule has 2 aromatic carbocycles. The Labute approximate surface area is 116 Å². The second kappa shape index (κ2) is 5.49. The van der Waals surface area contributed by atoms with Gasteiger partial charge in [-0.25, -0.2) is 4.39 Å². The molecule has 0 radical (unpaired) electrons. The van der Waals surface area contributed by atoms with Gasteiger partial charge in [-0.1, -0.05) is 17.7 Å². The Morgan fingerprint density at radius 2 is 1.95 bits per heavy atom. The third kappa shape index (κ3) is 3.18. The van der Waals surface area contributed by atoms with Gasteiger partial charge >= 0.3 is 0 Å². The zero-order chi connectivity index (χ0) is 14.0. The molecule has 0 aliphatic carbocycles. The molecule has 0 spiro atoms. The van der Waals surface area contributed by atoms with Crippen LogP contribution in [0.25, 0.3) is 0 Å². The highest BCUT2D eigenvalue weighted by molar-refractivity contribution is 6.30. The summed E-state index contributed by atoms with van der Waals surface area (Å²) in [5.74, 6) is -0.152. The average molecular weight is 280 g/mol. The first-order valence-corrected chi connectivity index (χ1v) is 6.36. The zero-order valence-corrected chi connectivity index (χ0v) is 11.5. The van der Waals surface area contributed by atoms with Crippen LogP contribution < -0.4 is 5.32 Å². The Hall–Kier alpha value is -1.74. The molecule has 4 heteroatoms. The highest BCUT2D eigenvalue weighted by Gasteiger charge is 2.09. The maximum atomic E-state index is 13.1. The number of hydrogen-bond acceptors (Lipinski definition) is 2. The maximum Gasteiger partial charge on any atom is 0.141 e. The summed E-state index contributed by atoms with van der Waals surface area (Å²) in [6, 6.07) is 9.96. The summed E-state index contributed by atoms with van der Waals surface area (Å²) >= 11 is 5.77. The number of anilines is 1. The molecule has 2 N–H and O–H groups in total. The number of benzene rings is 2. The van der Waals surface area contributed by atoms with Gasteiger partial charge in [0.25, 0.3) is 0 Å². The first-order valence-electron chi connectivity index (χ1n) is 5.98. The van der Waals surface area contributed by atoms with Crippen molar-refractivity contribution in [2.45, 2.75) is 19.9 Å². The molecule has 0 bridgehead atoms. The second-order valence-corrected chi connectivity index (χ2v) is 4.95. The van der Waals surface area contributed by atoms with E-state index < -0.39 is 5.82 Å². The van der Waals surface area contributed by atoms with Crippen molar-refractivity contribution in [3.8, 4) is 5.75 Å². The Balaban J connectivity index is 2.17. The molecule has 0 saturated carbocycles. The van der Waals surface area contributed by atoms with E-state index in [1.54, 1.807) is 24.3 Å². The molecule has 100 valence electrons. The summed E-state index contributed by atoms with van der Waals surface area (Å²) in [7, 11) is 0. The van der Waals surface area contributed by atoms with Crippen molar-refractivity contribution in [3.63, 3.8) is 0 Å². The number of hydrogen-bond donors (Lipinski definition) is 2. The summed E-state index contributed by atoms with van der Waals surface area (Å²) in [6.07, 6.45) is 0. The van der Waals surface area contributed by atoms with Crippen LogP contribution in [0.5, 0.6) is 5.75 Å². The van der Waals surface area contributed by atoms with E-state index in [0.29, 0.717) is 0 Å². The van der Waals surface area contributed by atoms with Crippen molar-refractivity contribution in [1.29, 1.82) is 0 Å². The smallest absolute Gasteiger partial charge is 0.141 e. The molecule has 0 amide bonds. The molecule has 0 saturated heterocycles. The molecule has 0 heterocycles. The fourth-order valence-electron chi connectivity index (χ4n) is 1.86. The molecule has 0 aromatic heterocycles. The number of halogens is 2. The SMILES string of the molecule is Cc1cc(NC(C)c2ccc(F)c(Cl)c2)ccc1O. The minimum Gasteiger partial charge on any atom is -0.508 e. The maximum absolute atomic E-state index is 13.1. The third-order valence-corrected chi connectivity index (χ3v) is 3.31. The number of phenolic OH excluding ortho intramolecular Hbond substituents is 1. The van der Waals surface area contributed by atoms with E-state index in [2.05, 4.69) is 5.32 Å². The van der Waals surface area contributed by atoms with Gasteiger partial charge < -0.3 is 10.4 Å². The Morgan fingerprint density at radius 1 is 1.21 bits per heavy atom. The summed E-state index contributed by atoms with van der Waals surface area (Å²) in [5.41, 5.74) is 2.59. The van der Waals surface area contributed by atoms with Crippen molar-refractivity contribution in [2.24, 2.45) is 0 Å². The molecular formula is C15H15ClFNO. The number of nitrogens with one attached hydrogen (secondary N) is 1. The van der Waals surface area contributed by atoms with Crippen molar-refractivity contribution >= 4 is 17.3 Å². The van der Waals surface area contributed by atoms with Gasteiger partial charge in [0.1, 0.15) is 11.6 Å². The van der Waals surface area contributed by atoms with Crippen LogP contribution in [0, 0.1) is 12.7 Å². The summed E-state index contributed by atoms with van der Waals surface area (Å²) in [6.45, 7) is 3.80. The van der Waals surface area contributed by atoms with E-state index in [-0.39, 0.29) is 16.8 Å². The minimum absolute atomic E-state index is 0.0120. The Kier molecular flexibility index (Phi) is 3.96. The van der Waals surface area contributed by atoms with Crippen molar-refractivity contribution in [1.82, 2.24) is 0 Å². The topological polar surface area (TPSA) is 32.3 Å². The first kappa shape index (κ1) is 13.7. The van der Waals surface area contributed by atoms with Crippen LogP contribution in [0.3, 0.4) is 0 Å². The van der Waals surface area contributed by atoms with Crippen LogP contribution in [0.1, 0.15) is 24.1 Å². The van der Waals surface area contributed by atoms with Gasteiger partial charge in [-0.15, -0.1) is 0 Å². The zero-order valence-electron chi connectivity index (χ0n) is 10.7. The van der Waals surface area contributed by atoms with Gasteiger partial charge in [0.15, 0.2) is 0 Å². The number of aryl methyl sites for hydroxylation is 1. The number of phenols is 1. The minimum atomic E-state index is -0.418. The fraction of sp³-hybridized carbons (Fsp3) is 0.200. The van der Waals surface area contributed by atoms with Crippen LogP contribution in [0.2, 0.25) is 5.02 Å². The monoisotopic (exact) mass is 279 g/mol. The van der Waals surface area contributed by atoms with Crippen LogP contribution >= 0.6 is 11.6 Å². The van der Waals surface area contributed by atoms with Crippen molar-refractivity contribution in [3.05, 3.63) is 58.4 Å². The summed E-state index contributed by atoms with van der Waals surface area (Å²) in [4.78, 5) is 0. The van der Waals surface area contributed by atoms with E-state index in [9.17, 15) is 9.50 Å². The molecule has 19 heavy (non-hydrogen) atoms. The molecule has 0 aliphatic rings. The van der Waals surface area contributed by atoms with Crippen molar-refractivity contribution in [2.75, 3.05) is 5.32 Å². The van der Waals surface area contributed by atoms with Crippen LogP contribution in [0.15, 0.2) is 36.4 Å². The van der Waals surface area contributed by atoms with Crippen LogP contribution in [-0.4, -0.2) is 5.11 Å². The lowest BCUT2D eigenvalue weighted by Gasteiger charge is -2.16. The van der Waals surface area contributed by atoms with Crippen molar-refractivity contribution < 1.29 is 9.50 Å². The molecule has 2 nitrogen and oxygen atoms in total. The first-order chi connectivity index (χ1) is 8.97. The van der Waals surface area contributed by atoms with Gasteiger partial charge in [0.05, 0.1) is 5.02 Å². The Bertz CT molecular complexity index is 601. The standard InChI is InChI=1S/C15H15ClFNO/c1-9-7-12(4-6-15(9)19)18-10(2)11-3-5-14(17)13(16)8-11/h3-8,10,18-19H,1-2H3. The molecule has 2 rings (SSSR count). The predicted octanol–water partition coefficient (Wildman–Crippen LogP) is 4.67. The molecule has 1 unspecified atom stereocenters. The highest BCUT2D eigenvalue weighted by atomic mass is 35.5. The van der Waals surface area contributed by atoms with E-state index in [0.717, 1.165) is 16.8 Å². The largest absolute Gasteiger partial charge is 0.508 e. The molecule has 0 aliphatic heterocycles. The lowest BCUT2D eigenvalue weighted by atomic mass is 10.1. The van der Waals surface area contributed by atoms with Gasteiger partial charge in [0.2, 0.25) is 0 Å². The van der Waals surface area contributed by atoms with E-state index in [1.807, 2.05) is 19.9 Å². The van der Waals surface area contributed by atoms with E-state index >= 15 is 0 Å². The normalized spacial score (nSPS) is 12.2. The summed E-state index contributed by atoms with van der Waals surface area (Å²) in [5, 5.41) is 12.9. The molecular weight excluding hydrogens is 265 g/mol. The van der Waals surface area contributed by atoms with Gasteiger partial charge in [-0.05, 0) is 55.3 Å². The van der Waals surface area contributed by atoms with Gasteiger partial charge in [0, 0.05) is 11.7 Å². The number of rotatable bonds is 3. The average Bonchev–Trinajstić information content (AvgIpc) is 2.37. The predicted molar refractivity (Wildman–Crippen MR) is 76.3 cm³/mol. The molecule has 1 atom stereocenters. The summed E-state index contributed by atoms with van der Waals surface area (Å²) < 4.78 is 13.1. The highest BCUT2D eigenvalue weighted by Crippen LogP contribution is 2.26. The molecule has 2 aromatic rings. The second-order valence-electron chi connectivity index (χ2n) is 4.54. The van der Waals surface area contributed by atoms with Gasteiger partial charge in [-0.3, -0.25) is 0 Å². The lowest BCUT2D eigenvalue weighted by molar-refractivity contribution is 0.471. The van der Waals surface area contributed by atoms with Crippen LogP contribution in [0.4, 0.5) is 10.1 Å². The quantitative estimate of drug-likeness (QED) is 0.801. The van der Waals surface area contributed by atoms with Gasteiger partial charge in [-0.2, -0.15) is 0 Å². The Morgan fingerprint density at radius 3 is 2.58 bits per heavy atom. The fourth-order valence-corrected chi connectivity index (χ4v) is 2.05. The lowest BCUT2D eigenvalue weighted by Crippen LogP contribution is -2.06. The van der Waals surface area contributed by atoms with E-state index in [1.165, 1.54) is 6.07 Å².